The summed E-state index contributed by atoms with van der Waals surface area (Å²) in [6, 6.07) is 39.6. The van der Waals surface area contributed by atoms with Crippen molar-refractivity contribution in [3.8, 4) is 33.8 Å². The third-order valence-corrected chi connectivity index (χ3v) is 19.0. The van der Waals surface area contributed by atoms with Crippen molar-refractivity contribution in [2.75, 3.05) is 70.3 Å². The van der Waals surface area contributed by atoms with E-state index in [-0.39, 0.29) is 40.0 Å². The summed E-state index contributed by atoms with van der Waals surface area (Å²) in [5.74, 6) is 0.501. The second kappa shape index (κ2) is 38.8. The van der Waals surface area contributed by atoms with E-state index in [0.29, 0.717) is 62.2 Å². The van der Waals surface area contributed by atoms with Gasteiger partial charge in [0.2, 0.25) is 0 Å². The normalized spacial score (nSPS) is 14.6. The number of rotatable bonds is 16. The number of hydrogen-bond donors (Lipinski definition) is 4. The third kappa shape index (κ3) is 24.5. The van der Waals surface area contributed by atoms with Gasteiger partial charge in [-0.15, -0.1) is 0 Å². The van der Waals surface area contributed by atoms with E-state index in [1.54, 1.807) is 75.4 Å². The van der Waals surface area contributed by atoms with Crippen LogP contribution in [0.25, 0.3) is 33.8 Å². The number of carbonyl (C=O) groups excluding carboxylic acids is 1. The Morgan fingerprint density at radius 1 is 0.430 bits per heavy atom. The van der Waals surface area contributed by atoms with E-state index in [2.05, 4.69) is 55.2 Å². The predicted molar refractivity (Wildman–Crippen MR) is 416 cm³/mol. The lowest BCUT2D eigenvalue weighted by molar-refractivity contribution is -0.384. The maximum atomic E-state index is 13.1. The van der Waals surface area contributed by atoms with Gasteiger partial charge in [-0.1, -0.05) is 60.1 Å². The largest absolute Gasteiger partial charge is 0.416 e. The fourth-order valence-electron chi connectivity index (χ4n) is 12.7. The molecule has 114 heavy (non-hydrogen) atoms. The number of ketones is 1. The number of nitro groups is 2. The molecule has 7 aromatic carbocycles. The van der Waals surface area contributed by atoms with Crippen molar-refractivity contribution in [1.29, 1.82) is 0 Å². The van der Waals surface area contributed by atoms with Crippen LogP contribution in [0.5, 0.6) is 0 Å². The smallest absolute Gasteiger partial charge is 0.398 e. The van der Waals surface area contributed by atoms with Gasteiger partial charge >= 0.3 is 24.7 Å². The number of hydrogen-bond acceptors (Lipinski definition) is 18. The van der Waals surface area contributed by atoms with Crippen LogP contribution in [0.2, 0.25) is 5.15 Å². The first-order valence-electron chi connectivity index (χ1n) is 36.3. The molecule has 0 radical (unpaired) electrons. The Balaban J connectivity index is 0.000000172. The van der Waals surface area contributed by atoms with Crippen LogP contribution in [0.1, 0.15) is 153 Å². The molecule has 33 heteroatoms. The van der Waals surface area contributed by atoms with Crippen LogP contribution >= 0.6 is 11.6 Å². The Kier molecular flexibility index (Phi) is 29.4. The van der Waals surface area contributed by atoms with Crippen LogP contribution in [-0.4, -0.2) is 84.8 Å². The first kappa shape index (κ1) is 86.4. The molecule has 3 aliphatic heterocycles. The van der Waals surface area contributed by atoms with Crippen molar-refractivity contribution >= 4 is 63.1 Å². The van der Waals surface area contributed by atoms with E-state index < -0.39 is 62.8 Å². The Hall–Kier alpha value is -11.5. The monoisotopic (exact) mass is 1610 g/mol. The average molecular weight is 1610 g/mol. The molecule has 0 amide bonds. The molecular formula is C81H82ClF12N15O5. The number of nitrogen functional groups attached to an aromatic ring is 1. The highest BCUT2D eigenvalue weighted by Crippen LogP contribution is 2.40. The van der Waals surface area contributed by atoms with Gasteiger partial charge in [-0.2, -0.15) is 52.7 Å². The van der Waals surface area contributed by atoms with Crippen LogP contribution in [-0.2, 0) is 24.7 Å². The van der Waals surface area contributed by atoms with E-state index in [0.717, 1.165) is 136 Å². The first-order chi connectivity index (χ1) is 54.0. The zero-order chi connectivity index (χ0) is 82.7. The van der Waals surface area contributed by atoms with Crippen molar-refractivity contribution < 1.29 is 67.3 Å². The number of nitrogens with one attached hydrogen (secondary N) is 2. The van der Waals surface area contributed by atoms with Crippen molar-refractivity contribution in [2.45, 2.75) is 128 Å². The van der Waals surface area contributed by atoms with Gasteiger partial charge in [0.05, 0.1) is 60.3 Å². The number of Topliss-reactive ketones (excluding diaryl/α,β-unsaturated/α-hetero) is 1. The van der Waals surface area contributed by atoms with E-state index in [9.17, 15) is 77.7 Å². The molecular weight excluding hydrogens is 1530 g/mol. The number of nitro benzene ring substituents is 2. The van der Waals surface area contributed by atoms with Crippen molar-refractivity contribution in [3.63, 3.8) is 0 Å². The van der Waals surface area contributed by atoms with Crippen molar-refractivity contribution in [1.82, 2.24) is 29.9 Å². The molecule has 3 fully saturated rings. The van der Waals surface area contributed by atoms with Gasteiger partial charge in [-0.05, 0) is 193 Å². The molecule has 3 aromatic heterocycles. The summed E-state index contributed by atoms with van der Waals surface area (Å²) in [4.78, 5) is 64.7. The Bertz CT molecular complexity index is 4920. The SMILES string of the molecule is CC(=O)c1cccc(C(F)(F)F)c1.CC(N)c1cccc(C(F)(F)F)c1.CC(Nc1cc(-c2cc(N3CCCCC3)ccc2N)ncn1)c1cccc(C(F)(F)F)c1.CC(Nc1cc(-c2cc(N3CCCCC3)ccc2[N+](=O)[O-])ncn1)c1cccc(C(F)(F)F)c1.O=[N+]([O-])c1ccc(N2CCCCC2)cc1-c1cc(Cl)ncn1. The number of nitrogens with zero attached hydrogens (tertiary/aromatic N) is 11. The summed E-state index contributed by atoms with van der Waals surface area (Å²) in [5.41, 5.74) is 17.1. The second-order valence-electron chi connectivity index (χ2n) is 27.2. The quantitative estimate of drug-likeness (QED) is 0.0175. The predicted octanol–water partition coefficient (Wildman–Crippen LogP) is 21.5. The summed E-state index contributed by atoms with van der Waals surface area (Å²) in [7, 11) is 0. The maximum absolute atomic E-state index is 13.1. The molecule has 6 heterocycles. The number of halogens is 13. The lowest BCUT2D eigenvalue weighted by Crippen LogP contribution is -2.29. The highest BCUT2D eigenvalue weighted by molar-refractivity contribution is 6.29. The van der Waals surface area contributed by atoms with Crippen LogP contribution in [0.15, 0.2) is 189 Å². The molecule has 0 bridgehead atoms. The minimum Gasteiger partial charge on any atom is -0.398 e. The van der Waals surface area contributed by atoms with Gasteiger partial charge in [-0.3, -0.25) is 25.0 Å². The number of nitrogens with two attached hydrogens (primary N) is 2. The molecule has 602 valence electrons. The lowest BCUT2D eigenvalue weighted by atomic mass is 10.0. The molecule has 13 rings (SSSR count). The first-order valence-corrected chi connectivity index (χ1v) is 36.7. The Morgan fingerprint density at radius 2 is 0.763 bits per heavy atom. The van der Waals surface area contributed by atoms with E-state index in [1.807, 2.05) is 24.3 Å². The number of alkyl halides is 12. The number of carbonyl (C=O) groups is 1. The topological polar surface area (TPSA) is 267 Å². The number of aromatic nitrogens is 6. The van der Waals surface area contributed by atoms with Gasteiger partial charge in [-0.25, -0.2) is 29.9 Å². The lowest BCUT2D eigenvalue weighted by Gasteiger charge is -2.29. The maximum Gasteiger partial charge on any atom is 0.416 e. The summed E-state index contributed by atoms with van der Waals surface area (Å²) in [6.45, 7) is 12.2. The minimum absolute atomic E-state index is 0.0236. The zero-order valence-electron chi connectivity index (χ0n) is 62.3. The molecule has 0 saturated carbocycles. The van der Waals surface area contributed by atoms with Crippen LogP contribution in [0, 0.1) is 20.2 Å². The molecule has 3 unspecified atom stereocenters. The standard InChI is InChI=1S/C24H24F3N5O2.C24H26F3N5.C15H15ClN4O2.C9H10F3N.C9H7F3O/c1-16(17-6-5-7-18(12-17)24(25,26)27)30-23-14-21(28-15-29-23)20-13-19(8-9-22(20)32(33)34)31-10-3-2-4-11-31;1-16(17-6-5-7-18(12-17)24(25,26)27)31-23-14-22(29-15-30-23)20-13-19(8-9-21(20)28)32-10-3-2-4-11-32;16-15-9-13(17-10-18-15)12-8-11(4-5-14(12)20(21)22)19-6-2-1-3-7-19;2*1-6(13)7-3-2-4-8(5-7)9(10,11)12/h5-9,12-16H,2-4,10-11H2,1H3,(H,28,29,30);5-9,12-16H,2-4,10-11,28H2,1H3,(H,29,30,31);4-5,8-10H,1-3,6-7H2;2-6H,13H2,1H3;2-5H,1H3. The minimum atomic E-state index is -4.43. The molecule has 0 aliphatic carbocycles. The average Bonchev–Trinajstić information content (AvgIpc) is 0.805. The highest BCUT2D eigenvalue weighted by atomic mass is 35.5. The van der Waals surface area contributed by atoms with Crippen molar-refractivity contribution in [2.24, 2.45) is 5.73 Å². The fourth-order valence-corrected chi connectivity index (χ4v) is 12.9. The molecule has 20 nitrogen and oxygen atoms in total. The summed E-state index contributed by atoms with van der Waals surface area (Å²) in [6.07, 6.45) is -3.01. The molecule has 6 N–H and O–H groups in total. The third-order valence-electron chi connectivity index (χ3n) is 18.8. The summed E-state index contributed by atoms with van der Waals surface area (Å²) in [5, 5.41) is 29.5. The summed E-state index contributed by atoms with van der Waals surface area (Å²) >= 11 is 5.88. The van der Waals surface area contributed by atoms with Crippen LogP contribution in [0.4, 0.5) is 98.4 Å². The Morgan fingerprint density at radius 3 is 1.13 bits per heavy atom. The Labute approximate surface area is 654 Å². The van der Waals surface area contributed by atoms with E-state index in [1.165, 1.54) is 100 Å². The van der Waals surface area contributed by atoms with Gasteiger partial charge in [0.25, 0.3) is 11.4 Å². The highest BCUT2D eigenvalue weighted by Gasteiger charge is 2.34. The number of anilines is 6. The molecule has 0 spiro atoms. The summed E-state index contributed by atoms with van der Waals surface area (Å²) < 4.78 is 151. The molecule has 10 aromatic rings. The van der Waals surface area contributed by atoms with Gasteiger partial charge < -0.3 is 36.8 Å². The molecule has 3 aliphatic rings. The van der Waals surface area contributed by atoms with E-state index in [4.69, 9.17) is 23.1 Å². The zero-order valence-corrected chi connectivity index (χ0v) is 63.0. The van der Waals surface area contributed by atoms with Crippen LogP contribution in [0.3, 0.4) is 0 Å². The van der Waals surface area contributed by atoms with Gasteiger partial charge in [0, 0.05) is 122 Å². The van der Waals surface area contributed by atoms with Crippen molar-refractivity contribution in [3.05, 3.63) is 259 Å². The number of piperidine rings is 3. The second-order valence-corrected chi connectivity index (χ2v) is 27.5. The van der Waals surface area contributed by atoms with Gasteiger partial charge in [0.15, 0.2) is 5.78 Å². The molecule has 3 atom stereocenters. The van der Waals surface area contributed by atoms with E-state index >= 15 is 0 Å². The number of benzene rings is 7. The fraction of sp³-hybridized carbons (Fsp3) is 0.321. The molecule has 3 saturated heterocycles. The van der Waals surface area contributed by atoms with Gasteiger partial charge in [0.1, 0.15) is 35.8 Å². The van der Waals surface area contributed by atoms with Crippen LogP contribution < -0.4 is 36.8 Å².